The fourth-order valence-corrected chi connectivity index (χ4v) is 2.38. The van der Waals surface area contributed by atoms with E-state index in [0.717, 1.165) is 22.4 Å². The molecule has 1 aromatic carbocycles. The van der Waals surface area contributed by atoms with E-state index in [1.54, 1.807) is 18.9 Å². The molecule has 7 nitrogen and oxygen atoms in total. The number of anilines is 1. The molecule has 1 aromatic rings. The molecule has 24 heavy (non-hydrogen) atoms. The Balaban J connectivity index is 2.68. The highest BCUT2D eigenvalue weighted by molar-refractivity contribution is 5.96. The third-order valence-corrected chi connectivity index (χ3v) is 3.79. The van der Waals surface area contributed by atoms with Crippen molar-refractivity contribution in [1.29, 1.82) is 0 Å². The molecule has 2 N–H and O–H groups in total. The fourth-order valence-electron chi connectivity index (χ4n) is 2.38. The smallest absolute Gasteiger partial charge is 0.413 e. The number of hydrogen-bond acceptors (Lipinski definition) is 5. The molecule has 1 rings (SSSR count). The van der Waals surface area contributed by atoms with Crippen LogP contribution in [0.15, 0.2) is 12.1 Å². The zero-order valence-corrected chi connectivity index (χ0v) is 15.0. The van der Waals surface area contributed by atoms with Crippen LogP contribution in [0.3, 0.4) is 0 Å². The average Bonchev–Trinajstić information content (AvgIpc) is 2.49. The Hall–Kier alpha value is -2.41. The van der Waals surface area contributed by atoms with E-state index < -0.39 is 18.0 Å². The van der Waals surface area contributed by atoms with Crippen LogP contribution in [0.2, 0.25) is 0 Å². The number of benzene rings is 1. The first-order chi connectivity index (χ1) is 11.1. The van der Waals surface area contributed by atoms with E-state index >= 15 is 0 Å². The van der Waals surface area contributed by atoms with E-state index in [2.05, 4.69) is 15.4 Å². The monoisotopic (exact) mass is 335 g/mol. The quantitative estimate of drug-likeness (QED) is 0.856. The zero-order valence-electron chi connectivity index (χ0n) is 15.0. The zero-order chi connectivity index (χ0) is 18.4. The Morgan fingerprint density at radius 3 is 2.21 bits per heavy atom. The van der Waals surface area contributed by atoms with E-state index in [9.17, 15) is 14.4 Å². The number of hydrogen-bond donors (Lipinski definition) is 2. The maximum atomic E-state index is 12.2. The molecule has 132 valence electrons. The number of aryl methyl sites for hydroxylation is 3. The van der Waals surface area contributed by atoms with Gasteiger partial charge in [-0.25, -0.2) is 4.79 Å². The van der Waals surface area contributed by atoms with Gasteiger partial charge >= 0.3 is 6.09 Å². The molecule has 0 saturated heterocycles. The standard InChI is InChI=1S/C17H25N3O4/c1-10-7-11(2)15(12(3)8-10)18-14(21)9-20(5)13(4)16(22)19-17(23)24-6/h7-8,13H,9H2,1-6H3,(H,18,21)(H,19,22,23)/t13-/m1/s1. The van der Waals surface area contributed by atoms with Crippen LogP contribution in [0.25, 0.3) is 0 Å². The third-order valence-electron chi connectivity index (χ3n) is 3.79. The molecule has 0 aliphatic rings. The van der Waals surface area contributed by atoms with Crippen molar-refractivity contribution in [2.24, 2.45) is 0 Å². The minimum Gasteiger partial charge on any atom is -0.453 e. The summed E-state index contributed by atoms with van der Waals surface area (Å²) in [5.74, 6) is -0.759. The van der Waals surface area contributed by atoms with Gasteiger partial charge in [0.1, 0.15) is 0 Å². The van der Waals surface area contributed by atoms with Gasteiger partial charge in [-0.2, -0.15) is 0 Å². The number of rotatable bonds is 5. The van der Waals surface area contributed by atoms with Crippen LogP contribution in [0, 0.1) is 20.8 Å². The van der Waals surface area contributed by atoms with Crippen molar-refractivity contribution in [3.05, 3.63) is 28.8 Å². The van der Waals surface area contributed by atoms with E-state index in [4.69, 9.17) is 0 Å². The van der Waals surface area contributed by atoms with E-state index in [1.165, 1.54) is 7.11 Å². The first-order valence-electron chi connectivity index (χ1n) is 7.62. The highest BCUT2D eigenvalue weighted by Gasteiger charge is 2.22. The number of imide groups is 1. The predicted octanol–water partition coefficient (Wildman–Crippen LogP) is 1.75. The van der Waals surface area contributed by atoms with Gasteiger partial charge in [-0.05, 0) is 45.9 Å². The van der Waals surface area contributed by atoms with Crippen molar-refractivity contribution in [3.63, 3.8) is 0 Å². The highest BCUT2D eigenvalue weighted by Crippen LogP contribution is 2.21. The lowest BCUT2D eigenvalue weighted by Crippen LogP contribution is -2.47. The number of nitrogens with zero attached hydrogens (tertiary/aromatic N) is 1. The average molecular weight is 335 g/mol. The molecule has 0 fully saturated rings. The van der Waals surface area contributed by atoms with E-state index in [1.807, 2.05) is 32.9 Å². The predicted molar refractivity (Wildman–Crippen MR) is 91.9 cm³/mol. The highest BCUT2D eigenvalue weighted by atomic mass is 16.5. The van der Waals surface area contributed by atoms with Gasteiger partial charge in [0.2, 0.25) is 11.8 Å². The van der Waals surface area contributed by atoms with Gasteiger partial charge in [-0.1, -0.05) is 17.7 Å². The summed E-state index contributed by atoms with van der Waals surface area (Å²) >= 11 is 0. The maximum Gasteiger partial charge on any atom is 0.413 e. The second kappa shape index (κ2) is 8.44. The number of carbonyl (C=O) groups is 3. The number of nitrogens with one attached hydrogen (secondary N) is 2. The molecular formula is C17H25N3O4. The van der Waals surface area contributed by atoms with E-state index in [-0.39, 0.29) is 12.5 Å². The summed E-state index contributed by atoms with van der Waals surface area (Å²) in [7, 11) is 2.81. The number of ether oxygens (including phenoxy) is 1. The Labute approximate surface area is 142 Å². The molecule has 0 saturated carbocycles. The Bertz CT molecular complexity index is 620. The number of methoxy groups -OCH3 is 1. The molecule has 0 bridgehead atoms. The van der Waals surface area contributed by atoms with Gasteiger partial charge in [0.15, 0.2) is 0 Å². The number of likely N-dealkylation sites (N-methyl/N-ethyl adjacent to an activating group) is 1. The molecule has 0 aliphatic heterocycles. The largest absolute Gasteiger partial charge is 0.453 e. The Morgan fingerprint density at radius 2 is 1.71 bits per heavy atom. The van der Waals surface area contributed by atoms with Crippen LogP contribution < -0.4 is 10.6 Å². The molecule has 1 atom stereocenters. The van der Waals surface area contributed by atoms with Gasteiger partial charge in [-0.15, -0.1) is 0 Å². The molecule has 7 heteroatoms. The number of carbonyl (C=O) groups excluding carboxylic acids is 3. The topological polar surface area (TPSA) is 87.7 Å². The second-order valence-electron chi connectivity index (χ2n) is 5.89. The summed E-state index contributed by atoms with van der Waals surface area (Å²) in [6.45, 7) is 7.49. The normalized spacial score (nSPS) is 11.8. The van der Waals surface area contributed by atoms with Gasteiger partial charge < -0.3 is 10.1 Å². The maximum absolute atomic E-state index is 12.2. The number of amides is 3. The minimum absolute atomic E-state index is 0.0164. The number of alkyl carbamates (subject to hydrolysis) is 1. The van der Waals surface area contributed by atoms with Crippen LogP contribution in [0.4, 0.5) is 10.5 Å². The van der Waals surface area contributed by atoms with Crippen molar-refractivity contribution in [1.82, 2.24) is 10.2 Å². The van der Waals surface area contributed by atoms with Gasteiger partial charge in [0.25, 0.3) is 0 Å². The van der Waals surface area contributed by atoms with Crippen LogP contribution in [0.1, 0.15) is 23.6 Å². The van der Waals surface area contributed by atoms with E-state index in [0.29, 0.717) is 0 Å². The van der Waals surface area contributed by atoms with Crippen molar-refractivity contribution < 1.29 is 19.1 Å². The SMILES string of the molecule is COC(=O)NC(=O)[C@@H](C)N(C)CC(=O)Nc1c(C)cc(C)cc1C. The molecule has 0 aliphatic carbocycles. The van der Waals surface area contributed by atoms with Crippen LogP contribution in [-0.2, 0) is 14.3 Å². The van der Waals surface area contributed by atoms with Crippen molar-refractivity contribution in [2.75, 3.05) is 26.0 Å². The van der Waals surface area contributed by atoms with Gasteiger partial charge in [-0.3, -0.25) is 19.8 Å². The molecule has 0 aromatic heterocycles. The summed E-state index contributed by atoms with van der Waals surface area (Å²) in [5, 5.41) is 4.96. The molecule has 0 radical (unpaired) electrons. The summed E-state index contributed by atoms with van der Waals surface area (Å²) < 4.78 is 4.38. The Morgan fingerprint density at radius 1 is 1.17 bits per heavy atom. The van der Waals surface area contributed by atoms with Crippen molar-refractivity contribution >= 4 is 23.6 Å². The molecule has 3 amide bonds. The second-order valence-corrected chi connectivity index (χ2v) is 5.89. The summed E-state index contributed by atoms with van der Waals surface area (Å²) in [4.78, 5) is 36.7. The summed E-state index contributed by atoms with van der Waals surface area (Å²) in [6, 6.07) is 3.34. The third kappa shape index (κ3) is 5.34. The fraction of sp³-hybridized carbons (Fsp3) is 0.471. The van der Waals surface area contributed by atoms with Gasteiger partial charge in [0, 0.05) is 5.69 Å². The lowest BCUT2D eigenvalue weighted by atomic mass is 10.1. The summed E-state index contributed by atoms with van der Waals surface area (Å²) in [6.07, 6.45) is -0.824. The molecule has 0 unspecified atom stereocenters. The lowest BCUT2D eigenvalue weighted by Gasteiger charge is -2.23. The molecule has 0 heterocycles. The Kier molecular flexibility index (Phi) is 6.91. The van der Waals surface area contributed by atoms with Crippen LogP contribution in [0.5, 0.6) is 0 Å². The first-order valence-corrected chi connectivity index (χ1v) is 7.62. The molecular weight excluding hydrogens is 310 g/mol. The van der Waals surface area contributed by atoms with Crippen molar-refractivity contribution in [2.45, 2.75) is 33.7 Å². The van der Waals surface area contributed by atoms with Crippen LogP contribution >= 0.6 is 0 Å². The first kappa shape index (κ1) is 19.6. The lowest BCUT2D eigenvalue weighted by molar-refractivity contribution is -0.125. The van der Waals surface area contributed by atoms with Gasteiger partial charge in [0.05, 0.1) is 19.7 Å². The van der Waals surface area contributed by atoms with Crippen LogP contribution in [-0.4, -0.2) is 49.6 Å². The molecule has 0 spiro atoms. The minimum atomic E-state index is -0.824. The summed E-state index contributed by atoms with van der Waals surface area (Å²) in [5.41, 5.74) is 3.89. The van der Waals surface area contributed by atoms with Crippen molar-refractivity contribution in [3.8, 4) is 0 Å².